The largest absolute Gasteiger partial charge is 0.508 e. The first-order chi connectivity index (χ1) is 5.68. The number of aromatic amines is 1. The van der Waals surface area contributed by atoms with Crippen LogP contribution in [0.15, 0.2) is 12.1 Å². The number of fused-ring (bicyclic) bond motifs is 1. The molecule has 3 heteroatoms. The molecule has 1 heterocycles. The number of hydrogen-bond donors (Lipinski definition) is 2. The highest BCUT2D eigenvalue weighted by molar-refractivity contribution is 5.85. The molecule has 0 saturated carbocycles. The normalized spacial score (nSPS) is 10.8. The molecule has 0 amide bonds. The molecule has 0 saturated heterocycles. The van der Waals surface area contributed by atoms with Crippen molar-refractivity contribution in [3.8, 4) is 5.75 Å². The van der Waals surface area contributed by atoms with E-state index in [2.05, 4.69) is 10.2 Å². The van der Waals surface area contributed by atoms with E-state index in [-0.39, 0.29) is 5.75 Å². The van der Waals surface area contributed by atoms with E-state index < -0.39 is 0 Å². The molecule has 3 nitrogen and oxygen atoms in total. The molecule has 0 aliphatic rings. The fourth-order valence-corrected chi connectivity index (χ4v) is 1.53. The third kappa shape index (κ3) is 0.863. The maximum atomic E-state index is 9.27. The summed E-state index contributed by atoms with van der Waals surface area (Å²) in [5, 5.41) is 17.3. The first-order valence-corrected chi connectivity index (χ1v) is 3.83. The van der Waals surface area contributed by atoms with Crippen LogP contribution in [0.3, 0.4) is 0 Å². The molecule has 62 valence electrons. The summed E-state index contributed by atoms with van der Waals surface area (Å²) in [5.41, 5.74) is 2.92. The molecular formula is C9H10N2O. The summed E-state index contributed by atoms with van der Waals surface area (Å²) < 4.78 is 0. The van der Waals surface area contributed by atoms with Gasteiger partial charge >= 0.3 is 0 Å². The van der Waals surface area contributed by atoms with Crippen molar-refractivity contribution in [3.63, 3.8) is 0 Å². The topological polar surface area (TPSA) is 48.9 Å². The molecule has 1 aromatic heterocycles. The number of nitrogens with zero attached hydrogens (tertiary/aromatic N) is 1. The lowest BCUT2D eigenvalue weighted by atomic mass is 10.1. The van der Waals surface area contributed by atoms with Crippen LogP contribution in [0.2, 0.25) is 0 Å². The van der Waals surface area contributed by atoms with Crippen LogP contribution in [-0.4, -0.2) is 15.3 Å². The molecule has 0 atom stereocenters. The van der Waals surface area contributed by atoms with Crippen LogP contribution in [0.4, 0.5) is 0 Å². The van der Waals surface area contributed by atoms with Gasteiger partial charge in [0.25, 0.3) is 0 Å². The molecule has 0 aliphatic carbocycles. The van der Waals surface area contributed by atoms with Crippen LogP contribution in [-0.2, 0) is 0 Å². The summed E-state index contributed by atoms with van der Waals surface area (Å²) in [6.45, 7) is 3.93. The van der Waals surface area contributed by atoms with Crippen molar-refractivity contribution in [1.82, 2.24) is 10.2 Å². The number of phenolic OH excluding ortho intramolecular Hbond substituents is 1. The molecule has 2 aromatic rings. The minimum Gasteiger partial charge on any atom is -0.508 e. The van der Waals surface area contributed by atoms with Gasteiger partial charge in [-0.25, -0.2) is 0 Å². The fraction of sp³-hybridized carbons (Fsp3) is 0.222. The maximum absolute atomic E-state index is 9.27. The predicted octanol–water partition coefficient (Wildman–Crippen LogP) is 1.89. The molecule has 0 aliphatic heterocycles. The summed E-state index contributed by atoms with van der Waals surface area (Å²) in [5.74, 6) is 0.270. The van der Waals surface area contributed by atoms with Gasteiger partial charge in [0, 0.05) is 17.1 Å². The van der Waals surface area contributed by atoms with Gasteiger partial charge in [-0.15, -0.1) is 0 Å². The minimum atomic E-state index is 0.270. The van der Waals surface area contributed by atoms with Crippen LogP contribution in [0.5, 0.6) is 5.75 Å². The van der Waals surface area contributed by atoms with Gasteiger partial charge in [-0.1, -0.05) is 0 Å². The fourth-order valence-electron chi connectivity index (χ4n) is 1.53. The van der Waals surface area contributed by atoms with Crippen molar-refractivity contribution in [2.45, 2.75) is 13.8 Å². The zero-order valence-corrected chi connectivity index (χ0v) is 7.05. The lowest BCUT2D eigenvalue weighted by molar-refractivity contribution is 0.475. The Hall–Kier alpha value is -1.51. The smallest absolute Gasteiger partial charge is 0.118 e. The highest BCUT2D eigenvalue weighted by Crippen LogP contribution is 2.24. The molecule has 12 heavy (non-hydrogen) atoms. The standard InChI is InChI=1S/C9H10N2O/c1-5-3-7(12)4-8-9(5)6(2)10-11-8/h3-4,12H,1-2H3,(H,10,11). The van der Waals surface area contributed by atoms with Crippen LogP contribution in [0.1, 0.15) is 11.3 Å². The maximum Gasteiger partial charge on any atom is 0.118 e. The molecule has 0 spiro atoms. The summed E-state index contributed by atoms with van der Waals surface area (Å²) >= 11 is 0. The van der Waals surface area contributed by atoms with Gasteiger partial charge in [0.15, 0.2) is 0 Å². The molecule has 1 aromatic carbocycles. The van der Waals surface area contributed by atoms with Gasteiger partial charge in [-0.3, -0.25) is 5.10 Å². The molecule has 0 fully saturated rings. The van der Waals surface area contributed by atoms with Crippen molar-refractivity contribution in [1.29, 1.82) is 0 Å². The number of H-pyrrole nitrogens is 1. The predicted molar refractivity (Wildman–Crippen MR) is 47.2 cm³/mol. The molecule has 2 rings (SSSR count). The number of aryl methyl sites for hydroxylation is 2. The van der Waals surface area contributed by atoms with Crippen molar-refractivity contribution in [2.24, 2.45) is 0 Å². The lowest BCUT2D eigenvalue weighted by Crippen LogP contribution is -1.76. The second kappa shape index (κ2) is 2.24. The van der Waals surface area contributed by atoms with Crippen molar-refractivity contribution >= 4 is 10.9 Å². The Morgan fingerprint density at radius 1 is 1.33 bits per heavy atom. The average Bonchev–Trinajstić information content (AvgIpc) is 2.31. The molecule has 0 unspecified atom stereocenters. The number of hydrogen-bond acceptors (Lipinski definition) is 2. The first kappa shape index (κ1) is 7.16. The van der Waals surface area contributed by atoms with Gasteiger partial charge < -0.3 is 5.11 Å². The summed E-state index contributed by atoms with van der Waals surface area (Å²) in [6, 6.07) is 3.40. The number of aromatic hydroxyl groups is 1. The van der Waals surface area contributed by atoms with Gasteiger partial charge in [-0.2, -0.15) is 5.10 Å². The zero-order valence-electron chi connectivity index (χ0n) is 7.05. The van der Waals surface area contributed by atoms with Crippen molar-refractivity contribution in [2.75, 3.05) is 0 Å². The van der Waals surface area contributed by atoms with E-state index in [1.165, 1.54) is 0 Å². The van der Waals surface area contributed by atoms with Crippen molar-refractivity contribution in [3.05, 3.63) is 23.4 Å². The Bertz CT molecular complexity index is 431. The van der Waals surface area contributed by atoms with Crippen LogP contribution >= 0.6 is 0 Å². The van der Waals surface area contributed by atoms with E-state index in [1.807, 2.05) is 13.8 Å². The Kier molecular flexibility index (Phi) is 1.33. The minimum absolute atomic E-state index is 0.270. The third-order valence-electron chi connectivity index (χ3n) is 2.02. The molecule has 0 bridgehead atoms. The lowest BCUT2D eigenvalue weighted by Gasteiger charge is -1.97. The highest BCUT2D eigenvalue weighted by atomic mass is 16.3. The van der Waals surface area contributed by atoms with Gasteiger partial charge in [-0.05, 0) is 25.5 Å². The zero-order chi connectivity index (χ0) is 8.72. The van der Waals surface area contributed by atoms with Gasteiger partial charge in [0.2, 0.25) is 0 Å². The average molecular weight is 162 g/mol. The Morgan fingerprint density at radius 3 is 2.83 bits per heavy atom. The van der Waals surface area contributed by atoms with E-state index in [9.17, 15) is 5.11 Å². The first-order valence-electron chi connectivity index (χ1n) is 3.83. The van der Waals surface area contributed by atoms with Crippen molar-refractivity contribution < 1.29 is 5.11 Å². The Balaban J connectivity index is 2.93. The third-order valence-corrected chi connectivity index (χ3v) is 2.02. The SMILES string of the molecule is Cc1cc(O)cc2n[nH]c(C)c12. The Labute approximate surface area is 70.0 Å². The van der Waals surface area contributed by atoms with E-state index in [0.717, 1.165) is 22.2 Å². The molecule has 2 N–H and O–H groups in total. The van der Waals surface area contributed by atoms with E-state index in [0.29, 0.717) is 0 Å². The summed E-state index contributed by atoms with van der Waals surface area (Å²) in [4.78, 5) is 0. The van der Waals surface area contributed by atoms with E-state index >= 15 is 0 Å². The summed E-state index contributed by atoms with van der Waals surface area (Å²) in [6.07, 6.45) is 0. The molecule has 0 radical (unpaired) electrons. The quantitative estimate of drug-likeness (QED) is 0.621. The molecular weight excluding hydrogens is 152 g/mol. The number of rotatable bonds is 0. The van der Waals surface area contributed by atoms with Gasteiger partial charge in [0.1, 0.15) is 5.75 Å². The van der Waals surface area contributed by atoms with Gasteiger partial charge in [0.05, 0.1) is 5.52 Å². The number of aromatic nitrogens is 2. The summed E-state index contributed by atoms with van der Waals surface area (Å²) in [7, 11) is 0. The number of phenols is 1. The van der Waals surface area contributed by atoms with E-state index in [4.69, 9.17) is 0 Å². The second-order valence-corrected chi connectivity index (χ2v) is 3.01. The number of benzene rings is 1. The number of nitrogens with one attached hydrogen (secondary N) is 1. The van der Waals surface area contributed by atoms with E-state index in [1.54, 1.807) is 12.1 Å². The van der Waals surface area contributed by atoms with Crippen LogP contribution < -0.4 is 0 Å². The highest BCUT2D eigenvalue weighted by Gasteiger charge is 2.05. The van der Waals surface area contributed by atoms with Crippen LogP contribution in [0.25, 0.3) is 10.9 Å². The second-order valence-electron chi connectivity index (χ2n) is 3.01. The van der Waals surface area contributed by atoms with Crippen LogP contribution in [0, 0.1) is 13.8 Å². The Morgan fingerprint density at radius 2 is 2.08 bits per heavy atom. The monoisotopic (exact) mass is 162 g/mol.